The summed E-state index contributed by atoms with van der Waals surface area (Å²) >= 11 is 0. The van der Waals surface area contributed by atoms with Crippen molar-refractivity contribution < 1.29 is 0 Å². The number of hydrogen-bond acceptors (Lipinski definition) is 2. The third kappa shape index (κ3) is 4.47. The Morgan fingerprint density at radius 3 is 2.78 bits per heavy atom. The molecule has 1 fully saturated rings. The SMILES string of the molecule is CC(CCN=C(N)Nc1ccc2c(c1)CCC2)N1CCCCC1. The number of rotatable bonds is 5. The summed E-state index contributed by atoms with van der Waals surface area (Å²) in [7, 11) is 0. The molecule has 4 heteroatoms. The van der Waals surface area contributed by atoms with Gasteiger partial charge < -0.3 is 16.0 Å². The number of nitrogens with zero attached hydrogens (tertiary/aromatic N) is 2. The molecule has 0 saturated carbocycles. The fourth-order valence-electron chi connectivity index (χ4n) is 3.75. The normalized spacial score (nSPS) is 20.3. The van der Waals surface area contributed by atoms with Crippen LogP contribution in [0.4, 0.5) is 5.69 Å². The molecule has 2 aliphatic rings. The Morgan fingerprint density at radius 1 is 1.17 bits per heavy atom. The molecule has 23 heavy (non-hydrogen) atoms. The van der Waals surface area contributed by atoms with Crippen molar-refractivity contribution in [2.45, 2.75) is 57.9 Å². The molecule has 0 radical (unpaired) electrons. The molecule has 1 aromatic carbocycles. The maximum absolute atomic E-state index is 6.04. The summed E-state index contributed by atoms with van der Waals surface area (Å²) in [6, 6.07) is 7.16. The monoisotopic (exact) mass is 314 g/mol. The van der Waals surface area contributed by atoms with E-state index in [-0.39, 0.29) is 0 Å². The summed E-state index contributed by atoms with van der Waals surface area (Å²) in [5, 5.41) is 3.24. The van der Waals surface area contributed by atoms with Crippen molar-refractivity contribution in [1.29, 1.82) is 0 Å². The highest BCUT2D eigenvalue weighted by Crippen LogP contribution is 2.24. The summed E-state index contributed by atoms with van der Waals surface area (Å²) in [6.07, 6.45) is 8.83. The lowest BCUT2D eigenvalue weighted by Gasteiger charge is -2.32. The Hall–Kier alpha value is -1.55. The maximum atomic E-state index is 6.04. The minimum absolute atomic E-state index is 0.536. The van der Waals surface area contributed by atoms with Gasteiger partial charge in [0.25, 0.3) is 0 Å². The molecule has 1 heterocycles. The first-order valence-electron chi connectivity index (χ1n) is 9.15. The molecule has 1 aliphatic heterocycles. The number of guanidine groups is 1. The van der Waals surface area contributed by atoms with E-state index in [9.17, 15) is 0 Å². The predicted octanol–water partition coefficient (Wildman–Crippen LogP) is 3.17. The number of aryl methyl sites for hydroxylation is 2. The van der Waals surface area contributed by atoms with E-state index in [1.807, 2.05) is 0 Å². The van der Waals surface area contributed by atoms with E-state index in [2.05, 4.69) is 40.3 Å². The van der Waals surface area contributed by atoms with Crippen molar-refractivity contribution in [3.8, 4) is 0 Å². The first-order valence-corrected chi connectivity index (χ1v) is 9.15. The van der Waals surface area contributed by atoms with Crippen LogP contribution >= 0.6 is 0 Å². The molecule has 126 valence electrons. The van der Waals surface area contributed by atoms with Crippen LogP contribution in [0.1, 0.15) is 50.2 Å². The summed E-state index contributed by atoms with van der Waals surface area (Å²) < 4.78 is 0. The third-order valence-electron chi connectivity index (χ3n) is 5.21. The number of anilines is 1. The zero-order chi connectivity index (χ0) is 16.1. The molecule has 0 bridgehead atoms. The molecular weight excluding hydrogens is 284 g/mol. The van der Waals surface area contributed by atoms with Crippen LogP contribution in [-0.4, -0.2) is 36.5 Å². The number of fused-ring (bicyclic) bond motifs is 1. The van der Waals surface area contributed by atoms with Gasteiger partial charge >= 0.3 is 0 Å². The second kappa shape index (κ2) is 7.82. The smallest absolute Gasteiger partial charge is 0.193 e. The largest absolute Gasteiger partial charge is 0.370 e. The lowest BCUT2D eigenvalue weighted by Crippen LogP contribution is -2.37. The average Bonchev–Trinajstić information content (AvgIpc) is 3.03. The van der Waals surface area contributed by atoms with Crippen molar-refractivity contribution in [3.63, 3.8) is 0 Å². The van der Waals surface area contributed by atoms with E-state index >= 15 is 0 Å². The fourth-order valence-corrected chi connectivity index (χ4v) is 3.75. The van der Waals surface area contributed by atoms with Crippen molar-refractivity contribution >= 4 is 11.6 Å². The summed E-state index contributed by atoms with van der Waals surface area (Å²) in [5.41, 5.74) is 10.1. The first kappa shape index (κ1) is 16.3. The van der Waals surface area contributed by atoms with Crippen molar-refractivity contribution in [2.75, 3.05) is 25.0 Å². The van der Waals surface area contributed by atoms with E-state index in [0.717, 1.165) is 18.7 Å². The topological polar surface area (TPSA) is 53.6 Å². The lowest BCUT2D eigenvalue weighted by atomic mass is 10.1. The Morgan fingerprint density at radius 2 is 1.96 bits per heavy atom. The van der Waals surface area contributed by atoms with Gasteiger partial charge in [-0.2, -0.15) is 0 Å². The van der Waals surface area contributed by atoms with Crippen molar-refractivity contribution in [3.05, 3.63) is 29.3 Å². The highest BCUT2D eigenvalue weighted by atomic mass is 15.2. The van der Waals surface area contributed by atoms with Gasteiger partial charge in [0.2, 0.25) is 0 Å². The fraction of sp³-hybridized carbons (Fsp3) is 0.632. The molecule has 4 nitrogen and oxygen atoms in total. The molecule has 0 spiro atoms. The van der Waals surface area contributed by atoms with Crippen LogP contribution in [-0.2, 0) is 12.8 Å². The summed E-state index contributed by atoms with van der Waals surface area (Å²) in [5.74, 6) is 0.536. The molecule has 0 aromatic heterocycles. The number of hydrogen-bond donors (Lipinski definition) is 2. The first-order chi connectivity index (χ1) is 11.2. The van der Waals surface area contributed by atoms with Crippen LogP contribution in [0.15, 0.2) is 23.2 Å². The highest BCUT2D eigenvalue weighted by Gasteiger charge is 2.16. The van der Waals surface area contributed by atoms with Crippen molar-refractivity contribution in [1.82, 2.24) is 4.90 Å². The Balaban J connectivity index is 1.46. The van der Waals surface area contributed by atoms with Gasteiger partial charge in [-0.25, -0.2) is 0 Å². The minimum Gasteiger partial charge on any atom is -0.370 e. The van der Waals surface area contributed by atoms with E-state index < -0.39 is 0 Å². The molecule has 1 aromatic rings. The van der Waals surface area contributed by atoms with Crippen molar-refractivity contribution in [2.24, 2.45) is 10.7 Å². The van der Waals surface area contributed by atoms with Gasteiger partial charge in [0.1, 0.15) is 0 Å². The second-order valence-corrected chi connectivity index (χ2v) is 6.96. The zero-order valence-electron chi connectivity index (χ0n) is 14.4. The third-order valence-corrected chi connectivity index (χ3v) is 5.21. The quantitative estimate of drug-likeness (QED) is 0.648. The molecular formula is C19H30N4. The Bertz CT molecular complexity index is 546. The van der Waals surface area contributed by atoms with Crippen LogP contribution < -0.4 is 11.1 Å². The number of nitrogens with two attached hydrogens (primary N) is 1. The average molecular weight is 314 g/mol. The van der Waals surface area contributed by atoms with Gasteiger partial charge in [-0.1, -0.05) is 12.5 Å². The van der Waals surface area contributed by atoms with Gasteiger partial charge in [0.05, 0.1) is 0 Å². The molecule has 1 atom stereocenters. The number of likely N-dealkylation sites (tertiary alicyclic amines) is 1. The standard InChI is InChI=1S/C19H30N4/c1-15(23-12-3-2-4-13-23)10-11-21-19(20)22-18-9-8-16-6-5-7-17(16)14-18/h8-9,14-15H,2-7,10-13H2,1H3,(H3,20,21,22). The molecule has 3 N–H and O–H groups in total. The predicted molar refractivity (Wildman–Crippen MR) is 98.1 cm³/mol. The van der Waals surface area contributed by atoms with Gasteiger partial charge in [-0.3, -0.25) is 4.99 Å². The molecule has 3 rings (SSSR count). The lowest BCUT2D eigenvalue weighted by molar-refractivity contribution is 0.168. The van der Waals surface area contributed by atoms with Crippen LogP contribution in [0.5, 0.6) is 0 Å². The van der Waals surface area contributed by atoms with Gasteiger partial charge in [-0.15, -0.1) is 0 Å². The molecule has 0 amide bonds. The second-order valence-electron chi connectivity index (χ2n) is 6.96. The van der Waals surface area contributed by atoms with Crippen LogP contribution in [0, 0.1) is 0 Å². The molecule has 1 unspecified atom stereocenters. The number of piperidine rings is 1. The van der Waals surface area contributed by atoms with Crippen LogP contribution in [0.2, 0.25) is 0 Å². The van der Waals surface area contributed by atoms with Crippen LogP contribution in [0.3, 0.4) is 0 Å². The molecule has 1 saturated heterocycles. The minimum atomic E-state index is 0.536. The van der Waals surface area contributed by atoms with E-state index in [1.54, 1.807) is 0 Å². The zero-order valence-corrected chi connectivity index (χ0v) is 14.4. The number of aliphatic imine (C=N–C) groups is 1. The summed E-state index contributed by atoms with van der Waals surface area (Å²) in [4.78, 5) is 7.09. The van der Waals surface area contributed by atoms with E-state index in [0.29, 0.717) is 12.0 Å². The van der Waals surface area contributed by atoms with Crippen LogP contribution in [0.25, 0.3) is 0 Å². The Kier molecular flexibility index (Phi) is 5.55. The molecule has 1 aliphatic carbocycles. The highest BCUT2D eigenvalue weighted by molar-refractivity contribution is 5.92. The van der Waals surface area contributed by atoms with E-state index in [4.69, 9.17) is 5.73 Å². The number of benzene rings is 1. The van der Waals surface area contributed by atoms with Gasteiger partial charge in [0, 0.05) is 18.3 Å². The van der Waals surface area contributed by atoms with Gasteiger partial charge in [0.15, 0.2) is 5.96 Å². The maximum Gasteiger partial charge on any atom is 0.193 e. The van der Waals surface area contributed by atoms with E-state index in [1.165, 1.54) is 62.7 Å². The number of nitrogens with one attached hydrogen (secondary N) is 1. The Labute approximate surface area is 140 Å². The van der Waals surface area contributed by atoms with Gasteiger partial charge in [-0.05, 0) is 81.8 Å². The summed E-state index contributed by atoms with van der Waals surface area (Å²) in [6.45, 7) is 5.59.